The Labute approximate surface area is 105 Å². The monoisotopic (exact) mass is 266 g/mol. The minimum absolute atomic E-state index is 0.0865. The molecule has 0 unspecified atom stereocenters. The molecule has 0 saturated carbocycles. The zero-order valence-electron chi connectivity index (χ0n) is 9.38. The van der Waals surface area contributed by atoms with Crippen molar-refractivity contribution in [2.75, 3.05) is 0 Å². The molecule has 6 heteroatoms. The van der Waals surface area contributed by atoms with Crippen molar-refractivity contribution in [2.45, 2.75) is 11.4 Å². The number of rotatable bonds is 4. The first-order valence-corrected chi connectivity index (χ1v) is 6.70. The Hall–Kier alpha value is -1.79. The van der Waals surface area contributed by atoms with Crippen molar-refractivity contribution in [3.05, 3.63) is 60.2 Å². The number of pyridine rings is 1. The van der Waals surface area contributed by atoms with Crippen LogP contribution in [0.5, 0.6) is 0 Å². The van der Waals surface area contributed by atoms with Gasteiger partial charge in [-0.2, -0.15) is 0 Å². The zero-order chi connectivity index (χ0) is 13.0. The number of halogens is 1. The van der Waals surface area contributed by atoms with Gasteiger partial charge in [0.2, 0.25) is 10.0 Å². The number of sulfonamides is 1. The first-order valence-electron chi connectivity index (χ1n) is 5.22. The lowest BCUT2D eigenvalue weighted by Gasteiger charge is -2.06. The highest BCUT2D eigenvalue weighted by Gasteiger charge is 2.13. The summed E-state index contributed by atoms with van der Waals surface area (Å²) in [6, 6.07) is 8.28. The van der Waals surface area contributed by atoms with Crippen LogP contribution in [-0.4, -0.2) is 13.4 Å². The molecule has 0 fully saturated rings. The summed E-state index contributed by atoms with van der Waals surface area (Å²) in [7, 11) is -3.69. The molecule has 0 saturated heterocycles. The smallest absolute Gasteiger partial charge is 0.240 e. The van der Waals surface area contributed by atoms with Crippen LogP contribution in [0.4, 0.5) is 4.39 Å². The summed E-state index contributed by atoms with van der Waals surface area (Å²) in [4.78, 5) is 3.75. The number of aromatic nitrogens is 1. The molecule has 1 heterocycles. The predicted molar refractivity (Wildman–Crippen MR) is 64.7 cm³/mol. The van der Waals surface area contributed by atoms with Gasteiger partial charge < -0.3 is 0 Å². The average molecular weight is 266 g/mol. The fraction of sp³-hybridized carbons (Fsp3) is 0.0833. The summed E-state index contributed by atoms with van der Waals surface area (Å²) in [5, 5.41) is 0. The van der Waals surface area contributed by atoms with Gasteiger partial charge in [-0.3, -0.25) is 4.98 Å². The van der Waals surface area contributed by atoms with Crippen molar-refractivity contribution in [1.82, 2.24) is 9.71 Å². The number of nitrogens with one attached hydrogen (secondary N) is 1. The molecule has 1 aromatic carbocycles. The van der Waals surface area contributed by atoms with Crippen molar-refractivity contribution in [1.29, 1.82) is 0 Å². The molecule has 4 nitrogen and oxygen atoms in total. The van der Waals surface area contributed by atoms with Crippen LogP contribution in [-0.2, 0) is 16.6 Å². The second-order valence-electron chi connectivity index (χ2n) is 3.64. The molecule has 1 aromatic heterocycles. The minimum atomic E-state index is -3.69. The molecular weight excluding hydrogens is 255 g/mol. The summed E-state index contributed by atoms with van der Waals surface area (Å²) < 4.78 is 39.1. The Morgan fingerprint density at radius 2 is 1.89 bits per heavy atom. The predicted octanol–water partition coefficient (Wildman–Crippen LogP) is 1.70. The van der Waals surface area contributed by atoms with Crippen LogP contribution in [0.3, 0.4) is 0 Å². The molecule has 0 aliphatic heterocycles. The van der Waals surface area contributed by atoms with Crippen LogP contribution in [0, 0.1) is 5.82 Å². The van der Waals surface area contributed by atoms with E-state index in [1.54, 1.807) is 24.5 Å². The molecule has 0 spiro atoms. The summed E-state index contributed by atoms with van der Waals surface area (Å²) >= 11 is 0. The normalized spacial score (nSPS) is 11.4. The Balaban J connectivity index is 2.13. The van der Waals surface area contributed by atoms with Crippen molar-refractivity contribution >= 4 is 10.0 Å². The van der Waals surface area contributed by atoms with E-state index in [-0.39, 0.29) is 11.4 Å². The second-order valence-corrected chi connectivity index (χ2v) is 5.40. The highest BCUT2D eigenvalue weighted by molar-refractivity contribution is 7.89. The minimum Gasteiger partial charge on any atom is -0.265 e. The van der Waals surface area contributed by atoms with Gasteiger partial charge in [0, 0.05) is 18.9 Å². The van der Waals surface area contributed by atoms with Crippen LogP contribution in [0.1, 0.15) is 5.56 Å². The van der Waals surface area contributed by atoms with Gasteiger partial charge in [-0.15, -0.1) is 0 Å². The zero-order valence-corrected chi connectivity index (χ0v) is 10.2. The van der Waals surface area contributed by atoms with Gasteiger partial charge in [-0.25, -0.2) is 17.5 Å². The molecule has 1 N–H and O–H groups in total. The van der Waals surface area contributed by atoms with E-state index >= 15 is 0 Å². The van der Waals surface area contributed by atoms with Gasteiger partial charge in [0.1, 0.15) is 5.82 Å². The molecule has 2 aromatic rings. The fourth-order valence-corrected chi connectivity index (χ4v) is 2.45. The SMILES string of the molecule is O=S(=O)(NCc1ccncc1)c1cccc(F)c1. The third-order valence-electron chi connectivity index (χ3n) is 2.32. The second kappa shape index (κ2) is 5.24. The topological polar surface area (TPSA) is 59.1 Å². The van der Waals surface area contributed by atoms with E-state index in [1.165, 1.54) is 18.2 Å². The van der Waals surface area contributed by atoms with Crippen molar-refractivity contribution in [3.8, 4) is 0 Å². The third kappa shape index (κ3) is 3.12. The van der Waals surface area contributed by atoms with Gasteiger partial charge in [0.25, 0.3) is 0 Å². The maximum atomic E-state index is 13.0. The number of hydrogen-bond donors (Lipinski definition) is 1. The van der Waals surface area contributed by atoms with Gasteiger partial charge in [-0.1, -0.05) is 6.07 Å². The van der Waals surface area contributed by atoms with Crippen LogP contribution in [0.15, 0.2) is 53.7 Å². The van der Waals surface area contributed by atoms with Crippen LogP contribution < -0.4 is 4.72 Å². The van der Waals surface area contributed by atoms with Gasteiger partial charge >= 0.3 is 0 Å². The van der Waals surface area contributed by atoms with Crippen LogP contribution >= 0.6 is 0 Å². The summed E-state index contributed by atoms with van der Waals surface area (Å²) in [6.07, 6.45) is 3.15. The largest absolute Gasteiger partial charge is 0.265 e. The van der Waals surface area contributed by atoms with Gasteiger partial charge in [-0.05, 0) is 35.9 Å². The van der Waals surface area contributed by atoms with Gasteiger partial charge in [0.05, 0.1) is 4.90 Å². The third-order valence-corrected chi connectivity index (χ3v) is 3.72. The van der Waals surface area contributed by atoms with Crippen LogP contribution in [0.2, 0.25) is 0 Å². The molecule has 0 bridgehead atoms. The summed E-state index contributed by atoms with van der Waals surface area (Å²) in [5.74, 6) is -0.582. The number of hydrogen-bond acceptors (Lipinski definition) is 3. The number of benzene rings is 1. The quantitative estimate of drug-likeness (QED) is 0.916. The summed E-state index contributed by atoms with van der Waals surface area (Å²) in [5.41, 5.74) is 0.782. The molecule has 94 valence electrons. The van der Waals surface area contributed by atoms with Crippen LogP contribution in [0.25, 0.3) is 0 Å². The van der Waals surface area contributed by atoms with E-state index in [9.17, 15) is 12.8 Å². The molecule has 0 amide bonds. The molecule has 0 atom stereocenters. The first kappa shape index (κ1) is 12.7. The number of nitrogens with zero attached hydrogens (tertiary/aromatic N) is 1. The van der Waals surface area contributed by atoms with E-state index in [0.717, 1.165) is 11.6 Å². The van der Waals surface area contributed by atoms with Crippen molar-refractivity contribution in [2.24, 2.45) is 0 Å². The molecule has 18 heavy (non-hydrogen) atoms. The Kier molecular flexibility index (Phi) is 3.69. The Bertz CT molecular complexity index is 630. The van der Waals surface area contributed by atoms with Crippen molar-refractivity contribution < 1.29 is 12.8 Å². The molecule has 0 aliphatic rings. The maximum absolute atomic E-state index is 13.0. The maximum Gasteiger partial charge on any atom is 0.240 e. The van der Waals surface area contributed by atoms with E-state index in [1.807, 2.05) is 0 Å². The van der Waals surface area contributed by atoms with Crippen molar-refractivity contribution in [3.63, 3.8) is 0 Å². The highest BCUT2D eigenvalue weighted by atomic mass is 32.2. The lowest BCUT2D eigenvalue weighted by Crippen LogP contribution is -2.23. The first-order chi connectivity index (χ1) is 8.58. The van der Waals surface area contributed by atoms with Gasteiger partial charge in [0.15, 0.2) is 0 Å². The lowest BCUT2D eigenvalue weighted by atomic mass is 10.3. The molecule has 2 rings (SSSR count). The van der Waals surface area contributed by atoms with E-state index < -0.39 is 15.8 Å². The Morgan fingerprint density at radius 1 is 1.17 bits per heavy atom. The molecule has 0 radical (unpaired) electrons. The molecule has 0 aliphatic carbocycles. The van der Waals surface area contributed by atoms with E-state index in [0.29, 0.717) is 0 Å². The fourth-order valence-electron chi connectivity index (χ4n) is 1.40. The summed E-state index contributed by atoms with van der Waals surface area (Å²) in [6.45, 7) is 0.140. The lowest BCUT2D eigenvalue weighted by molar-refractivity contribution is 0.577. The van der Waals surface area contributed by atoms with E-state index in [4.69, 9.17) is 0 Å². The highest BCUT2D eigenvalue weighted by Crippen LogP contribution is 2.10. The standard InChI is InChI=1S/C12H11FN2O2S/c13-11-2-1-3-12(8-11)18(16,17)15-9-10-4-6-14-7-5-10/h1-8,15H,9H2. The van der Waals surface area contributed by atoms with E-state index in [2.05, 4.69) is 9.71 Å². The Morgan fingerprint density at radius 3 is 2.56 bits per heavy atom. The molecular formula is C12H11FN2O2S. The average Bonchev–Trinajstić information content (AvgIpc) is 2.38.